The average molecular weight is 424 g/mol. The number of carbonyl (C=O) groups excluding carboxylic acids is 4. The Hall–Kier alpha value is -3.68. The van der Waals surface area contributed by atoms with Gasteiger partial charge in [0.15, 0.2) is 6.61 Å². The minimum absolute atomic E-state index is 0.00140. The van der Waals surface area contributed by atoms with E-state index in [1.54, 1.807) is 36.4 Å². The Labute approximate surface area is 179 Å². The summed E-state index contributed by atoms with van der Waals surface area (Å²) in [5, 5.41) is 5.59. The Morgan fingerprint density at radius 1 is 0.871 bits per heavy atom. The van der Waals surface area contributed by atoms with Crippen LogP contribution in [0.25, 0.3) is 0 Å². The summed E-state index contributed by atoms with van der Waals surface area (Å²) >= 11 is 0. The number of ether oxygens (including phenoxy) is 2. The number of rotatable bonds is 7. The predicted molar refractivity (Wildman–Crippen MR) is 113 cm³/mol. The van der Waals surface area contributed by atoms with Crippen LogP contribution in [-0.4, -0.2) is 43.5 Å². The summed E-state index contributed by atoms with van der Waals surface area (Å²) in [5.41, 5.74) is 0.710. The summed E-state index contributed by atoms with van der Waals surface area (Å²) in [6.45, 7) is -0.576. The van der Waals surface area contributed by atoms with Gasteiger partial charge in [0.2, 0.25) is 0 Å². The van der Waals surface area contributed by atoms with Crippen LogP contribution >= 0.6 is 0 Å². The summed E-state index contributed by atoms with van der Waals surface area (Å²) in [7, 11) is 1.21. The Bertz CT molecular complexity index is 982. The molecule has 2 aromatic rings. The van der Waals surface area contributed by atoms with E-state index in [0.717, 1.165) is 25.7 Å². The molecule has 1 aliphatic carbocycles. The van der Waals surface area contributed by atoms with Crippen LogP contribution in [0.1, 0.15) is 56.8 Å². The van der Waals surface area contributed by atoms with Gasteiger partial charge in [-0.3, -0.25) is 9.59 Å². The molecule has 0 heterocycles. The van der Waals surface area contributed by atoms with Gasteiger partial charge in [-0.1, -0.05) is 37.1 Å². The molecule has 0 aliphatic heterocycles. The molecule has 8 heteroatoms. The highest BCUT2D eigenvalue weighted by Crippen LogP contribution is 2.20. The maximum absolute atomic E-state index is 12.6. The van der Waals surface area contributed by atoms with E-state index >= 15 is 0 Å². The van der Waals surface area contributed by atoms with Crippen LogP contribution in [0.2, 0.25) is 0 Å². The third kappa shape index (κ3) is 5.69. The number of benzene rings is 2. The molecule has 0 atom stereocenters. The summed E-state index contributed by atoms with van der Waals surface area (Å²) in [6, 6.07) is 12.8. The van der Waals surface area contributed by atoms with Crippen molar-refractivity contribution in [3.8, 4) is 0 Å². The molecule has 0 radical (unpaired) electrons. The molecule has 1 aliphatic rings. The van der Waals surface area contributed by atoms with Crippen LogP contribution in [0.5, 0.6) is 0 Å². The van der Waals surface area contributed by atoms with Gasteiger partial charge in [0.05, 0.1) is 29.5 Å². The number of esters is 2. The van der Waals surface area contributed by atoms with Crippen molar-refractivity contribution in [1.82, 2.24) is 5.32 Å². The van der Waals surface area contributed by atoms with Gasteiger partial charge in [-0.25, -0.2) is 9.59 Å². The lowest BCUT2D eigenvalue weighted by atomic mass is 10.1. The fraction of sp³-hybridized carbons (Fsp3) is 0.304. The van der Waals surface area contributed by atoms with E-state index in [4.69, 9.17) is 4.74 Å². The van der Waals surface area contributed by atoms with Gasteiger partial charge >= 0.3 is 11.9 Å². The normalized spacial score (nSPS) is 13.3. The van der Waals surface area contributed by atoms with Crippen LogP contribution in [0.15, 0.2) is 48.5 Å². The molecular formula is C23H24N2O6. The molecule has 0 bridgehead atoms. The zero-order chi connectivity index (χ0) is 22.2. The van der Waals surface area contributed by atoms with E-state index in [1.807, 2.05) is 0 Å². The molecule has 0 saturated heterocycles. The van der Waals surface area contributed by atoms with E-state index in [-0.39, 0.29) is 23.1 Å². The SMILES string of the molecule is COC(=O)c1ccccc1C(=O)OCC(=O)Nc1ccccc1C(=O)NC1CCCC1. The van der Waals surface area contributed by atoms with E-state index in [1.165, 1.54) is 19.2 Å². The fourth-order valence-corrected chi connectivity index (χ4v) is 3.47. The predicted octanol–water partition coefficient (Wildman–Crippen LogP) is 2.94. The first kappa shape index (κ1) is 22.0. The second kappa shape index (κ2) is 10.4. The van der Waals surface area contributed by atoms with E-state index in [0.29, 0.717) is 11.3 Å². The molecule has 2 aromatic carbocycles. The Balaban J connectivity index is 1.61. The quantitative estimate of drug-likeness (QED) is 0.661. The van der Waals surface area contributed by atoms with Crippen LogP contribution in [0, 0.1) is 0 Å². The molecule has 0 unspecified atom stereocenters. The molecule has 2 N–H and O–H groups in total. The third-order valence-corrected chi connectivity index (χ3v) is 5.02. The van der Waals surface area contributed by atoms with Crippen molar-refractivity contribution in [3.63, 3.8) is 0 Å². The Morgan fingerprint density at radius 3 is 2.10 bits per heavy atom. The Kier molecular flexibility index (Phi) is 7.37. The fourth-order valence-electron chi connectivity index (χ4n) is 3.47. The number of para-hydroxylation sites is 1. The maximum atomic E-state index is 12.6. The molecule has 3 rings (SSSR count). The smallest absolute Gasteiger partial charge is 0.339 e. The summed E-state index contributed by atoms with van der Waals surface area (Å²) in [4.78, 5) is 49.1. The topological polar surface area (TPSA) is 111 Å². The number of methoxy groups -OCH3 is 1. The van der Waals surface area contributed by atoms with Crippen LogP contribution < -0.4 is 10.6 Å². The molecule has 1 fully saturated rings. The van der Waals surface area contributed by atoms with Gasteiger partial charge in [-0.2, -0.15) is 0 Å². The average Bonchev–Trinajstić information content (AvgIpc) is 3.30. The molecule has 8 nitrogen and oxygen atoms in total. The summed E-state index contributed by atoms with van der Waals surface area (Å²) < 4.78 is 9.70. The highest BCUT2D eigenvalue weighted by molar-refractivity contribution is 6.06. The molecule has 2 amide bonds. The number of amides is 2. The van der Waals surface area contributed by atoms with E-state index in [9.17, 15) is 19.2 Å². The Morgan fingerprint density at radius 2 is 1.45 bits per heavy atom. The van der Waals surface area contributed by atoms with Crippen molar-refractivity contribution in [3.05, 3.63) is 65.2 Å². The second-order valence-corrected chi connectivity index (χ2v) is 7.16. The maximum Gasteiger partial charge on any atom is 0.339 e. The van der Waals surface area contributed by atoms with E-state index in [2.05, 4.69) is 15.4 Å². The minimum atomic E-state index is -0.830. The standard InChI is InChI=1S/C23H24N2O6/c1-30-22(28)16-10-4-5-11-17(16)23(29)31-14-20(26)25-19-13-7-6-12-18(19)21(27)24-15-8-2-3-9-15/h4-7,10-13,15H,2-3,8-9,14H2,1H3,(H,24,27)(H,25,26). The molecule has 31 heavy (non-hydrogen) atoms. The van der Waals surface area contributed by atoms with Gasteiger partial charge in [0.1, 0.15) is 0 Å². The number of hydrogen-bond acceptors (Lipinski definition) is 6. The van der Waals surface area contributed by atoms with Crippen LogP contribution in [-0.2, 0) is 14.3 Å². The second-order valence-electron chi connectivity index (χ2n) is 7.16. The first-order chi connectivity index (χ1) is 15.0. The van der Waals surface area contributed by atoms with Crippen molar-refractivity contribution < 1.29 is 28.7 Å². The van der Waals surface area contributed by atoms with Gasteiger partial charge < -0.3 is 20.1 Å². The van der Waals surface area contributed by atoms with Crippen LogP contribution in [0.3, 0.4) is 0 Å². The van der Waals surface area contributed by atoms with Crippen molar-refractivity contribution in [2.75, 3.05) is 19.0 Å². The van der Waals surface area contributed by atoms with Crippen LogP contribution in [0.4, 0.5) is 5.69 Å². The molecule has 0 spiro atoms. The minimum Gasteiger partial charge on any atom is -0.465 e. The van der Waals surface area contributed by atoms with Crippen molar-refractivity contribution in [2.45, 2.75) is 31.7 Å². The first-order valence-corrected chi connectivity index (χ1v) is 10.0. The highest BCUT2D eigenvalue weighted by Gasteiger charge is 2.21. The first-order valence-electron chi connectivity index (χ1n) is 10.0. The van der Waals surface area contributed by atoms with Gasteiger partial charge in [0.25, 0.3) is 11.8 Å². The largest absolute Gasteiger partial charge is 0.465 e. The van der Waals surface area contributed by atoms with Crippen molar-refractivity contribution in [1.29, 1.82) is 0 Å². The number of hydrogen-bond donors (Lipinski definition) is 2. The lowest BCUT2D eigenvalue weighted by Crippen LogP contribution is -2.33. The molecule has 0 aromatic heterocycles. The summed E-state index contributed by atoms with van der Waals surface area (Å²) in [6.07, 6.45) is 4.08. The van der Waals surface area contributed by atoms with Gasteiger partial charge in [-0.15, -0.1) is 0 Å². The van der Waals surface area contributed by atoms with E-state index < -0.39 is 24.5 Å². The summed E-state index contributed by atoms with van der Waals surface area (Å²) in [5.74, 6) is -2.38. The number of anilines is 1. The molecule has 1 saturated carbocycles. The van der Waals surface area contributed by atoms with Gasteiger partial charge in [-0.05, 0) is 37.1 Å². The lowest BCUT2D eigenvalue weighted by Gasteiger charge is -2.15. The number of carbonyl (C=O) groups is 4. The third-order valence-electron chi connectivity index (χ3n) is 5.02. The van der Waals surface area contributed by atoms with Crippen molar-refractivity contribution >= 4 is 29.4 Å². The zero-order valence-electron chi connectivity index (χ0n) is 17.2. The molecule has 162 valence electrons. The monoisotopic (exact) mass is 424 g/mol. The number of nitrogens with one attached hydrogen (secondary N) is 2. The zero-order valence-corrected chi connectivity index (χ0v) is 17.2. The lowest BCUT2D eigenvalue weighted by molar-refractivity contribution is -0.119. The van der Waals surface area contributed by atoms with Gasteiger partial charge in [0, 0.05) is 6.04 Å². The highest BCUT2D eigenvalue weighted by atomic mass is 16.5. The van der Waals surface area contributed by atoms with Crippen molar-refractivity contribution in [2.24, 2.45) is 0 Å². The molecular weight excluding hydrogens is 400 g/mol.